The molecule has 1 fully saturated rings. The molecule has 64 valence electrons. The zero-order valence-electron chi connectivity index (χ0n) is 8.01. The van der Waals surface area contributed by atoms with Gasteiger partial charge in [-0.1, -0.05) is 27.7 Å². The predicted octanol–water partition coefficient (Wildman–Crippen LogP) is 1.51. The second-order valence-electron chi connectivity index (χ2n) is 4.55. The molecule has 1 heterocycles. The van der Waals surface area contributed by atoms with E-state index in [2.05, 4.69) is 20.8 Å². The molecule has 11 heavy (non-hydrogen) atoms. The molecule has 2 atom stereocenters. The van der Waals surface area contributed by atoms with Gasteiger partial charge in [0.05, 0.1) is 5.92 Å². The van der Waals surface area contributed by atoms with Crippen LogP contribution in [0.1, 0.15) is 27.7 Å². The monoisotopic (exact) mass is 155 g/mol. The van der Waals surface area contributed by atoms with Gasteiger partial charge in [-0.05, 0) is 5.41 Å². The minimum absolute atomic E-state index is 0.222. The van der Waals surface area contributed by atoms with Crippen LogP contribution in [-0.2, 0) is 4.79 Å². The second kappa shape index (κ2) is 2.23. The van der Waals surface area contributed by atoms with Gasteiger partial charge >= 0.3 is 0 Å². The van der Waals surface area contributed by atoms with Crippen molar-refractivity contribution in [2.45, 2.75) is 33.7 Å². The van der Waals surface area contributed by atoms with Crippen molar-refractivity contribution in [3.8, 4) is 0 Å². The van der Waals surface area contributed by atoms with Crippen molar-refractivity contribution in [3.63, 3.8) is 0 Å². The van der Waals surface area contributed by atoms with Gasteiger partial charge in [0.1, 0.15) is 0 Å². The van der Waals surface area contributed by atoms with Crippen LogP contribution in [0.25, 0.3) is 0 Å². The van der Waals surface area contributed by atoms with Gasteiger partial charge in [-0.15, -0.1) is 0 Å². The maximum atomic E-state index is 11.1. The molecular formula is C9H17NO. The molecule has 0 N–H and O–H groups in total. The Balaban J connectivity index is 2.70. The van der Waals surface area contributed by atoms with Gasteiger partial charge in [-0.25, -0.2) is 0 Å². The molecule has 2 nitrogen and oxygen atoms in total. The fourth-order valence-corrected chi connectivity index (χ4v) is 2.18. The topological polar surface area (TPSA) is 20.3 Å². The number of carbonyl (C=O) groups is 1. The van der Waals surface area contributed by atoms with Crippen LogP contribution >= 0.6 is 0 Å². The third-order valence-electron chi connectivity index (χ3n) is 2.52. The first-order valence-corrected chi connectivity index (χ1v) is 4.12. The fraction of sp³-hybridized carbons (Fsp3) is 0.889. The van der Waals surface area contributed by atoms with E-state index in [1.165, 1.54) is 0 Å². The summed E-state index contributed by atoms with van der Waals surface area (Å²) in [5, 5.41) is 0. The van der Waals surface area contributed by atoms with Crippen LogP contribution in [-0.4, -0.2) is 23.9 Å². The van der Waals surface area contributed by atoms with E-state index in [0.717, 1.165) is 0 Å². The fourth-order valence-electron chi connectivity index (χ4n) is 2.18. The van der Waals surface area contributed by atoms with Crippen molar-refractivity contribution in [3.05, 3.63) is 0 Å². The molecule has 1 saturated heterocycles. The summed E-state index contributed by atoms with van der Waals surface area (Å²) in [6.07, 6.45) is 0. The Morgan fingerprint density at radius 1 is 1.36 bits per heavy atom. The third kappa shape index (κ3) is 1.15. The van der Waals surface area contributed by atoms with E-state index in [1.54, 1.807) is 0 Å². The minimum atomic E-state index is 0.222. The maximum absolute atomic E-state index is 11.1. The van der Waals surface area contributed by atoms with E-state index < -0.39 is 0 Å². The highest BCUT2D eigenvalue weighted by Gasteiger charge is 2.47. The van der Waals surface area contributed by atoms with Gasteiger partial charge in [0.2, 0.25) is 5.91 Å². The molecule has 1 aliphatic rings. The molecule has 0 unspecified atom stereocenters. The molecule has 1 aliphatic heterocycles. The van der Waals surface area contributed by atoms with Crippen LogP contribution < -0.4 is 0 Å². The van der Waals surface area contributed by atoms with Crippen LogP contribution in [0, 0.1) is 11.3 Å². The molecule has 1 amide bonds. The Kier molecular flexibility index (Phi) is 1.73. The summed E-state index contributed by atoms with van der Waals surface area (Å²) in [5.74, 6) is 0.505. The summed E-state index contributed by atoms with van der Waals surface area (Å²) in [4.78, 5) is 13.0. The van der Waals surface area contributed by atoms with Crippen LogP contribution in [0.15, 0.2) is 0 Å². The summed E-state index contributed by atoms with van der Waals surface area (Å²) in [5.41, 5.74) is 0.224. The molecule has 0 aromatic heterocycles. The second-order valence-corrected chi connectivity index (χ2v) is 4.55. The lowest BCUT2D eigenvalue weighted by atomic mass is 9.73. The Morgan fingerprint density at radius 2 is 1.82 bits per heavy atom. The number of hydrogen-bond donors (Lipinski definition) is 0. The summed E-state index contributed by atoms with van der Waals surface area (Å²) >= 11 is 0. The van der Waals surface area contributed by atoms with E-state index in [4.69, 9.17) is 0 Å². The number of nitrogens with zero attached hydrogens (tertiary/aromatic N) is 1. The van der Waals surface area contributed by atoms with Crippen molar-refractivity contribution >= 4 is 5.91 Å². The number of rotatable bonds is 0. The normalized spacial score (nSPS) is 32.1. The molecule has 1 rings (SSSR count). The zero-order chi connectivity index (χ0) is 8.81. The molecule has 0 aliphatic carbocycles. The van der Waals surface area contributed by atoms with Crippen molar-refractivity contribution in [1.29, 1.82) is 0 Å². The van der Waals surface area contributed by atoms with Gasteiger partial charge in [0.25, 0.3) is 0 Å². The maximum Gasteiger partial charge on any atom is 0.227 e. The number of β-lactam (4-membered cyclic amide) rings is 1. The zero-order valence-corrected chi connectivity index (χ0v) is 8.01. The highest BCUT2D eigenvalue weighted by atomic mass is 16.2. The van der Waals surface area contributed by atoms with Crippen LogP contribution in [0.4, 0.5) is 0 Å². The molecule has 0 spiro atoms. The SMILES string of the molecule is C[C@@H]1C(=O)N(C)[C@H]1C(C)(C)C. The van der Waals surface area contributed by atoms with Gasteiger partial charge < -0.3 is 4.90 Å². The predicted molar refractivity (Wildman–Crippen MR) is 45.2 cm³/mol. The summed E-state index contributed by atoms with van der Waals surface area (Å²) in [7, 11) is 1.89. The lowest BCUT2D eigenvalue weighted by Gasteiger charge is -2.50. The lowest BCUT2D eigenvalue weighted by Crippen LogP contribution is -2.62. The Bertz CT molecular complexity index is 168. The molecule has 0 bridgehead atoms. The highest BCUT2D eigenvalue weighted by molar-refractivity contribution is 5.85. The Morgan fingerprint density at radius 3 is 2.00 bits per heavy atom. The van der Waals surface area contributed by atoms with E-state index in [0.29, 0.717) is 6.04 Å². The van der Waals surface area contributed by atoms with E-state index >= 15 is 0 Å². The van der Waals surface area contributed by atoms with Gasteiger partial charge in [-0.3, -0.25) is 4.79 Å². The van der Waals surface area contributed by atoms with E-state index in [-0.39, 0.29) is 17.2 Å². The first kappa shape index (κ1) is 8.57. The first-order chi connectivity index (χ1) is 4.85. The average molecular weight is 155 g/mol. The highest BCUT2D eigenvalue weighted by Crippen LogP contribution is 2.37. The van der Waals surface area contributed by atoms with Crippen molar-refractivity contribution < 1.29 is 4.79 Å². The minimum Gasteiger partial charge on any atom is -0.341 e. The largest absolute Gasteiger partial charge is 0.341 e. The molecular weight excluding hydrogens is 138 g/mol. The summed E-state index contributed by atoms with van der Waals surface area (Å²) in [6, 6.07) is 0.426. The number of hydrogen-bond acceptors (Lipinski definition) is 1. The van der Waals surface area contributed by atoms with Crippen LogP contribution in [0.5, 0.6) is 0 Å². The van der Waals surface area contributed by atoms with Crippen molar-refractivity contribution in [2.75, 3.05) is 7.05 Å². The molecule has 0 radical (unpaired) electrons. The number of likely N-dealkylation sites (tertiary alicyclic amines) is 1. The van der Waals surface area contributed by atoms with E-state index in [9.17, 15) is 4.79 Å². The van der Waals surface area contributed by atoms with Crippen molar-refractivity contribution in [1.82, 2.24) is 4.90 Å². The molecule has 0 saturated carbocycles. The Labute approximate surface area is 68.6 Å². The summed E-state index contributed by atoms with van der Waals surface area (Å²) < 4.78 is 0. The van der Waals surface area contributed by atoms with Crippen LogP contribution in [0.2, 0.25) is 0 Å². The average Bonchev–Trinajstić information content (AvgIpc) is 1.85. The smallest absolute Gasteiger partial charge is 0.227 e. The first-order valence-electron chi connectivity index (χ1n) is 4.12. The molecule has 0 aromatic carbocycles. The Hall–Kier alpha value is -0.530. The van der Waals surface area contributed by atoms with Crippen molar-refractivity contribution in [2.24, 2.45) is 11.3 Å². The standard InChI is InChI=1S/C9H17NO/c1-6-7(9(2,3)4)10(5)8(6)11/h6-7H,1-5H3/t6-,7+/m0/s1. The van der Waals surface area contributed by atoms with Gasteiger partial charge in [0.15, 0.2) is 0 Å². The van der Waals surface area contributed by atoms with Crippen LogP contribution in [0.3, 0.4) is 0 Å². The molecule has 2 heteroatoms. The third-order valence-corrected chi connectivity index (χ3v) is 2.52. The van der Waals surface area contributed by atoms with Gasteiger partial charge in [-0.2, -0.15) is 0 Å². The summed E-state index contributed by atoms with van der Waals surface area (Å²) in [6.45, 7) is 8.55. The quantitative estimate of drug-likeness (QED) is 0.485. The molecule has 0 aromatic rings. The number of amides is 1. The number of carbonyl (C=O) groups excluding carboxylic acids is 1. The van der Waals surface area contributed by atoms with Gasteiger partial charge in [0, 0.05) is 13.1 Å². The lowest BCUT2D eigenvalue weighted by molar-refractivity contribution is -0.159. The van der Waals surface area contributed by atoms with E-state index in [1.807, 2.05) is 18.9 Å².